The van der Waals surface area contributed by atoms with E-state index in [-0.39, 0.29) is 11.3 Å². The zero-order valence-corrected chi connectivity index (χ0v) is 12.6. The second-order valence-electron chi connectivity index (χ2n) is 4.73. The number of amides is 1. The number of carboxylic acids is 1. The predicted octanol–water partition coefficient (Wildman–Crippen LogP) is 4.00. The van der Waals surface area contributed by atoms with Crippen molar-refractivity contribution in [1.82, 2.24) is 0 Å². The van der Waals surface area contributed by atoms with Gasteiger partial charge in [0, 0.05) is 11.1 Å². The lowest BCUT2D eigenvalue weighted by atomic mass is 10.1. The van der Waals surface area contributed by atoms with Crippen LogP contribution in [-0.2, 0) is 4.79 Å². The van der Waals surface area contributed by atoms with E-state index in [2.05, 4.69) is 5.32 Å². The molecule has 5 heteroatoms. The molecule has 0 aliphatic heterocycles. The molecular formula is C17H14ClNO3. The van der Waals surface area contributed by atoms with Crippen molar-refractivity contribution in [3.8, 4) is 0 Å². The van der Waals surface area contributed by atoms with Gasteiger partial charge in [0.25, 0.3) is 0 Å². The maximum Gasteiger partial charge on any atom is 0.337 e. The predicted molar refractivity (Wildman–Crippen MR) is 87.3 cm³/mol. The minimum atomic E-state index is -1.15. The highest BCUT2D eigenvalue weighted by atomic mass is 35.5. The number of rotatable bonds is 4. The highest BCUT2D eigenvalue weighted by Crippen LogP contribution is 2.20. The lowest BCUT2D eigenvalue weighted by Crippen LogP contribution is -2.12. The molecule has 4 nitrogen and oxygen atoms in total. The topological polar surface area (TPSA) is 66.4 Å². The number of carbonyl (C=O) groups is 2. The molecule has 0 bridgehead atoms. The van der Waals surface area contributed by atoms with Crippen LogP contribution in [0.2, 0.25) is 5.02 Å². The van der Waals surface area contributed by atoms with E-state index in [1.807, 2.05) is 31.2 Å². The normalized spacial score (nSPS) is 10.6. The summed E-state index contributed by atoms with van der Waals surface area (Å²) in [6.45, 7) is 1.98. The van der Waals surface area contributed by atoms with Crippen LogP contribution in [0, 0.1) is 6.92 Å². The van der Waals surface area contributed by atoms with Crippen LogP contribution in [0.5, 0.6) is 0 Å². The van der Waals surface area contributed by atoms with Crippen LogP contribution in [0.15, 0.2) is 48.5 Å². The van der Waals surface area contributed by atoms with E-state index in [4.69, 9.17) is 16.7 Å². The molecule has 112 valence electrons. The minimum Gasteiger partial charge on any atom is -0.478 e. The van der Waals surface area contributed by atoms with Gasteiger partial charge in [-0.3, -0.25) is 4.79 Å². The van der Waals surface area contributed by atoms with Gasteiger partial charge in [-0.1, -0.05) is 41.4 Å². The highest BCUT2D eigenvalue weighted by molar-refractivity contribution is 6.31. The number of benzene rings is 2. The van der Waals surface area contributed by atoms with E-state index in [0.29, 0.717) is 5.02 Å². The van der Waals surface area contributed by atoms with Gasteiger partial charge in [-0.05, 0) is 36.8 Å². The van der Waals surface area contributed by atoms with Crippen molar-refractivity contribution < 1.29 is 14.7 Å². The SMILES string of the molecule is Cc1ccc(/C=C/C(=O)Nc2ccc(Cl)cc2C(=O)O)cc1. The van der Waals surface area contributed by atoms with Crippen molar-refractivity contribution in [2.24, 2.45) is 0 Å². The number of nitrogens with one attached hydrogen (secondary N) is 1. The zero-order chi connectivity index (χ0) is 16.1. The molecule has 2 aromatic rings. The quantitative estimate of drug-likeness (QED) is 0.838. The number of halogens is 1. The molecule has 0 radical (unpaired) electrons. The summed E-state index contributed by atoms with van der Waals surface area (Å²) in [6.07, 6.45) is 3.01. The first kappa shape index (κ1) is 15.8. The van der Waals surface area contributed by atoms with Crippen molar-refractivity contribution in [2.45, 2.75) is 6.92 Å². The van der Waals surface area contributed by atoms with Crippen LogP contribution in [0.1, 0.15) is 21.5 Å². The molecule has 2 N–H and O–H groups in total. The number of anilines is 1. The highest BCUT2D eigenvalue weighted by Gasteiger charge is 2.12. The summed E-state index contributed by atoms with van der Waals surface area (Å²) in [4.78, 5) is 23.0. The van der Waals surface area contributed by atoms with E-state index in [1.165, 1.54) is 24.3 Å². The van der Waals surface area contributed by atoms with Gasteiger partial charge < -0.3 is 10.4 Å². The summed E-state index contributed by atoms with van der Waals surface area (Å²) in [5.41, 5.74) is 2.17. The third-order valence-electron chi connectivity index (χ3n) is 2.97. The van der Waals surface area contributed by atoms with Crippen LogP contribution in [0.25, 0.3) is 6.08 Å². The van der Waals surface area contributed by atoms with E-state index >= 15 is 0 Å². The Morgan fingerprint density at radius 1 is 1.14 bits per heavy atom. The molecular weight excluding hydrogens is 302 g/mol. The standard InChI is InChI=1S/C17H14ClNO3/c1-11-2-4-12(5-3-11)6-9-16(20)19-15-8-7-13(18)10-14(15)17(21)22/h2-10H,1H3,(H,19,20)(H,21,22)/b9-6+. The summed E-state index contributed by atoms with van der Waals surface area (Å²) < 4.78 is 0. The molecule has 0 heterocycles. The maximum absolute atomic E-state index is 11.9. The molecule has 2 rings (SSSR count). The molecule has 0 aliphatic rings. The molecule has 1 amide bonds. The zero-order valence-electron chi connectivity index (χ0n) is 11.8. The molecule has 0 aliphatic carbocycles. The smallest absolute Gasteiger partial charge is 0.337 e. The van der Waals surface area contributed by atoms with Crippen molar-refractivity contribution in [2.75, 3.05) is 5.32 Å². The van der Waals surface area contributed by atoms with Gasteiger partial charge in [0.1, 0.15) is 0 Å². The van der Waals surface area contributed by atoms with Crippen LogP contribution in [-0.4, -0.2) is 17.0 Å². The van der Waals surface area contributed by atoms with Gasteiger partial charge in [0.15, 0.2) is 0 Å². The third kappa shape index (κ3) is 4.20. The number of carboxylic acid groups (broad SMARTS) is 1. The molecule has 0 saturated carbocycles. The fraction of sp³-hybridized carbons (Fsp3) is 0.0588. The Morgan fingerprint density at radius 3 is 2.45 bits per heavy atom. The number of carbonyl (C=O) groups excluding carboxylic acids is 1. The number of hydrogen-bond donors (Lipinski definition) is 2. The average Bonchev–Trinajstić information content (AvgIpc) is 2.48. The number of hydrogen-bond acceptors (Lipinski definition) is 2. The third-order valence-corrected chi connectivity index (χ3v) is 3.21. The molecule has 0 saturated heterocycles. The second kappa shape index (κ2) is 6.91. The summed E-state index contributed by atoms with van der Waals surface area (Å²) in [6, 6.07) is 12.0. The van der Waals surface area contributed by atoms with Gasteiger partial charge >= 0.3 is 5.97 Å². The van der Waals surface area contributed by atoms with Gasteiger partial charge in [-0.15, -0.1) is 0 Å². The lowest BCUT2D eigenvalue weighted by Gasteiger charge is -2.06. The molecule has 0 aromatic heterocycles. The fourth-order valence-electron chi connectivity index (χ4n) is 1.83. The van der Waals surface area contributed by atoms with Crippen LogP contribution in [0.3, 0.4) is 0 Å². The Labute approximate surface area is 133 Å². The largest absolute Gasteiger partial charge is 0.478 e. The monoisotopic (exact) mass is 315 g/mol. The Kier molecular flexibility index (Phi) is 4.96. The van der Waals surface area contributed by atoms with Crippen LogP contribution >= 0.6 is 11.6 Å². The van der Waals surface area contributed by atoms with Crippen molar-refractivity contribution in [3.63, 3.8) is 0 Å². The van der Waals surface area contributed by atoms with Crippen LogP contribution < -0.4 is 5.32 Å². The van der Waals surface area contributed by atoms with E-state index in [9.17, 15) is 9.59 Å². The van der Waals surface area contributed by atoms with E-state index < -0.39 is 11.9 Å². The molecule has 0 fully saturated rings. The number of aryl methyl sites for hydroxylation is 1. The second-order valence-corrected chi connectivity index (χ2v) is 5.16. The Balaban J connectivity index is 2.12. The molecule has 2 aromatic carbocycles. The molecule has 0 atom stereocenters. The van der Waals surface area contributed by atoms with Gasteiger partial charge in [0.05, 0.1) is 11.3 Å². The summed E-state index contributed by atoms with van der Waals surface area (Å²) in [5.74, 6) is -1.56. The molecule has 0 unspecified atom stereocenters. The first-order valence-corrected chi connectivity index (χ1v) is 6.92. The van der Waals surface area contributed by atoms with Gasteiger partial charge in [0.2, 0.25) is 5.91 Å². The maximum atomic E-state index is 11.9. The first-order chi connectivity index (χ1) is 10.5. The summed E-state index contributed by atoms with van der Waals surface area (Å²) in [5, 5.41) is 11.9. The molecule has 22 heavy (non-hydrogen) atoms. The van der Waals surface area contributed by atoms with Crippen LogP contribution in [0.4, 0.5) is 5.69 Å². The van der Waals surface area contributed by atoms with E-state index in [0.717, 1.165) is 11.1 Å². The van der Waals surface area contributed by atoms with Crippen molar-refractivity contribution in [1.29, 1.82) is 0 Å². The average molecular weight is 316 g/mol. The van der Waals surface area contributed by atoms with Crippen molar-refractivity contribution in [3.05, 3.63) is 70.3 Å². The van der Waals surface area contributed by atoms with Gasteiger partial charge in [-0.25, -0.2) is 4.79 Å². The Hall–Kier alpha value is -2.59. The molecule has 0 spiro atoms. The van der Waals surface area contributed by atoms with Gasteiger partial charge in [-0.2, -0.15) is 0 Å². The number of aromatic carboxylic acids is 1. The van der Waals surface area contributed by atoms with E-state index in [1.54, 1.807) is 6.08 Å². The Morgan fingerprint density at radius 2 is 1.82 bits per heavy atom. The Bertz CT molecular complexity index is 736. The minimum absolute atomic E-state index is 0.0513. The first-order valence-electron chi connectivity index (χ1n) is 6.54. The summed E-state index contributed by atoms with van der Waals surface area (Å²) in [7, 11) is 0. The lowest BCUT2D eigenvalue weighted by molar-refractivity contribution is -0.111. The fourth-order valence-corrected chi connectivity index (χ4v) is 2.00. The summed E-state index contributed by atoms with van der Waals surface area (Å²) >= 11 is 5.76. The van der Waals surface area contributed by atoms with Crippen molar-refractivity contribution >= 4 is 35.2 Å².